The second kappa shape index (κ2) is 9.08. The van der Waals surface area contributed by atoms with Gasteiger partial charge in [-0.05, 0) is 24.6 Å². The Hall–Kier alpha value is -4.26. The molecule has 0 bridgehead atoms. The fraction of sp³-hybridized carbons (Fsp3) is 0.154. The van der Waals surface area contributed by atoms with Gasteiger partial charge in [0.2, 0.25) is 0 Å². The first-order chi connectivity index (χ1) is 16.0. The van der Waals surface area contributed by atoms with Gasteiger partial charge in [-0.15, -0.1) is 0 Å². The summed E-state index contributed by atoms with van der Waals surface area (Å²) in [7, 11) is 4.57. The molecule has 1 heterocycles. The van der Waals surface area contributed by atoms with Gasteiger partial charge in [0.1, 0.15) is 22.9 Å². The van der Waals surface area contributed by atoms with Gasteiger partial charge in [-0.25, -0.2) is 4.90 Å². The van der Waals surface area contributed by atoms with Crippen LogP contribution in [0.5, 0.6) is 17.2 Å². The zero-order chi connectivity index (χ0) is 23.5. The molecule has 168 valence electrons. The molecule has 33 heavy (non-hydrogen) atoms. The minimum absolute atomic E-state index is 0.162. The normalized spacial score (nSPS) is 13.4. The smallest absolute Gasteiger partial charge is 0.282 e. The van der Waals surface area contributed by atoms with Gasteiger partial charge >= 0.3 is 0 Å². The number of nitrogens with one attached hydrogen (secondary N) is 1. The zero-order valence-corrected chi connectivity index (χ0v) is 18.8. The third-order valence-corrected chi connectivity index (χ3v) is 5.39. The monoisotopic (exact) mass is 444 g/mol. The lowest BCUT2D eigenvalue weighted by molar-refractivity contribution is -0.120. The van der Waals surface area contributed by atoms with Crippen LogP contribution in [0.25, 0.3) is 5.57 Å². The van der Waals surface area contributed by atoms with Crippen LogP contribution in [0.1, 0.15) is 11.1 Å². The van der Waals surface area contributed by atoms with E-state index >= 15 is 0 Å². The molecule has 0 unspecified atom stereocenters. The van der Waals surface area contributed by atoms with Crippen molar-refractivity contribution in [1.29, 1.82) is 0 Å². The van der Waals surface area contributed by atoms with Gasteiger partial charge in [-0.1, -0.05) is 42.0 Å². The number of aryl methyl sites for hydroxylation is 1. The Morgan fingerprint density at radius 2 is 1.39 bits per heavy atom. The lowest BCUT2D eigenvalue weighted by atomic mass is 10.0. The highest BCUT2D eigenvalue weighted by atomic mass is 16.5. The Kier molecular flexibility index (Phi) is 6.04. The first kappa shape index (κ1) is 22.0. The molecule has 2 amide bonds. The lowest BCUT2D eigenvalue weighted by Gasteiger charge is -2.18. The minimum atomic E-state index is -0.489. The number of benzene rings is 3. The highest BCUT2D eigenvalue weighted by Crippen LogP contribution is 2.38. The summed E-state index contributed by atoms with van der Waals surface area (Å²) in [5.74, 6) is 0.546. The molecule has 0 spiro atoms. The number of nitrogens with zero attached hydrogens (tertiary/aromatic N) is 1. The largest absolute Gasteiger partial charge is 0.497 e. The van der Waals surface area contributed by atoms with E-state index in [9.17, 15) is 9.59 Å². The SMILES string of the molecule is COc1cc(OC)cc(N2C(=O)C(Nc3ccccc3OC)=C(c3ccc(C)cc3)C2=O)c1. The first-order valence-corrected chi connectivity index (χ1v) is 10.3. The van der Waals surface area contributed by atoms with Gasteiger partial charge in [0.15, 0.2) is 0 Å². The number of para-hydroxylation sites is 2. The molecule has 0 saturated heterocycles. The molecular formula is C26H24N2O5. The predicted molar refractivity (Wildman–Crippen MR) is 127 cm³/mol. The van der Waals surface area contributed by atoms with Crippen LogP contribution in [-0.4, -0.2) is 33.1 Å². The maximum atomic E-state index is 13.7. The van der Waals surface area contributed by atoms with Crippen LogP contribution in [0, 0.1) is 6.92 Å². The molecule has 1 N–H and O–H groups in total. The second-order valence-corrected chi connectivity index (χ2v) is 7.46. The predicted octanol–water partition coefficient (Wildman–Crippen LogP) is 4.42. The summed E-state index contributed by atoms with van der Waals surface area (Å²) in [5.41, 5.74) is 3.04. The van der Waals surface area contributed by atoms with E-state index in [0.29, 0.717) is 34.2 Å². The van der Waals surface area contributed by atoms with E-state index in [4.69, 9.17) is 14.2 Å². The van der Waals surface area contributed by atoms with Crippen LogP contribution in [0.2, 0.25) is 0 Å². The molecule has 0 radical (unpaired) electrons. The highest BCUT2D eigenvalue weighted by Gasteiger charge is 2.41. The van der Waals surface area contributed by atoms with Gasteiger partial charge in [0.25, 0.3) is 11.8 Å². The quantitative estimate of drug-likeness (QED) is 0.544. The maximum Gasteiger partial charge on any atom is 0.282 e. The van der Waals surface area contributed by atoms with Crippen molar-refractivity contribution in [3.63, 3.8) is 0 Å². The van der Waals surface area contributed by atoms with Crippen LogP contribution >= 0.6 is 0 Å². The number of anilines is 2. The Balaban J connectivity index is 1.85. The Labute approximate surface area is 192 Å². The molecule has 0 aromatic heterocycles. The van der Waals surface area contributed by atoms with E-state index in [-0.39, 0.29) is 11.3 Å². The Morgan fingerprint density at radius 1 is 0.758 bits per heavy atom. The third-order valence-electron chi connectivity index (χ3n) is 5.39. The number of methoxy groups -OCH3 is 3. The Bertz CT molecular complexity index is 1230. The van der Waals surface area contributed by atoms with Gasteiger partial charge < -0.3 is 19.5 Å². The van der Waals surface area contributed by atoms with Gasteiger partial charge in [0.05, 0.1) is 38.3 Å². The maximum absolute atomic E-state index is 13.7. The molecule has 4 rings (SSSR count). The van der Waals surface area contributed by atoms with Crippen molar-refractivity contribution >= 4 is 28.8 Å². The summed E-state index contributed by atoms with van der Waals surface area (Å²) in [6.45, 7) is 1.96. The first-order valence-electron chi connectivity index (χ1n) is 10.3. The van der Waals surface area contributed by atoms with Crippen LogP contribution in [0.15, 0.2) is 72.4 Å². The molecule has 7 heteroatoms. The number of hydrogen-bond acceptors (Lipinski definition) is 6. The summed E-state index contributed by atoms with van der Waals surface area (Å²) < 4.78 is 16.1. The summed E-state index contributed by atoms with van der Waals surface area (Å²) in [4.78, 5) is 28.4. The molecule has 0 atom stereocenters. The van der Waals surface area contributed by atoms with Crippen LogP contribution in [0.3, 0.4) is 0 Å². The van der Waals surface area contributed by atoms with E-state index in [0.717, 1.165) is 10.5 Å². The van der Waals surface area contributed by atoms with Gasteiger partial charge in [-0.2, -0.15) is 0 Å². The van der Waals surface area contributed by atoms with Crippen molar-refractivity contribution in [3.05, 3.63) is 83.6 Å². The lowest BCUT2D eigenvalue weighted by Crippen LogP contribution is -2.32. The van der Waals surface area contributed by atoms with Crippen molar-refractivity contribution in [2.24, 2.45) is 0 Å². The average molecular weight is 444 g/mol. The molecular weight excluding hydrogens is 420 g/mol. The zero-order valence-electron chi connectivity index (χ0n) is 18.8. The molecule has 3 aromatic rings. The summed E-state index contributed by atoms with van der Waals surface area (Å²) in [6, 6.07) is 19.6. The molecule has 0 saturated carbocycles. The van der Waals surface area contributed by atoms with Crippen molar-refractivity contribution in [3.8, 4) is 17.2 Å². The molecule has 3 aromatic carbocycles. The van der Waals surface area contributed by atoms with Crippen molar-refractivity contribution in [2.75, 3.05) is 31.5 Å². The third kappa shape index (κ3) is 4.13. The number of ether oxygens (including phenoxy) is 3. The van der Waals surface area contributed by atoms with Crippen LogP contribution in [0.4, 0.5) is 11.4 Å². The number of carbonyl (C=O) groups excluding carboxylic acids is 2. The van der Waals surface area contributed by atoms with Gasteiger partial charge in [0, 0.05) is 18.2 Å². The van der Waals surface area contributed by atoms with E-state index in [1.807, 2.05) is 43.3 Å². The summed E-state index contributed by atoms with van der Waals surface area (Å²) in [6.07, 6.45) is 0. The number of amides is 2. The molecule has 0 fully saturated rings. The average Bonchev–Trinajstić information content (AvgIpc) is 3.08. The van der Waals surface area contributed by atoms with Gasteiger partial charge in [-0.3, -0.25) is 9.59 Å². The van der Waals surface area contributed by atoms with E-state index < -0.39 is 11.8 Å². The molecule has 1 aliphatic rings. The number of carbonyl (C=O) groups is 2. The van der Waals surface area contributed by atoms with Crippen molar-refractivity contribution < 1.29 is 23.8 Å². The second-order valence-electron chi connectivity index (χ2n) is 7.46. The van der Waals surface area contributed by atoms with E-state index in [2.05, 4.69) is 5.32 Å². The fourth-order valence-electron chi connectivity index (χ4n) is 3.67. The van der Waals surface area contributed by atoms with Crippen LogP contribution in [-0.2, 0) is 9.59 Å². The number of hydrogen-bond donors (Lipinski definition) is 1. The summed E-state index contributed by atoms with van der Waals surface area (Å²) in [5, 5.41) is 3.14. The summed E-state index contributed by atoms with van der Waals surface area (Å²) >= 11 is 0. The van der Waals surface area contributed by atoms with Crippen LogP contribution < -0.4 is 24.4 Å². The van der Waals surface area contributed by atoms with E-state index in [1.165, 1.54) is 14.2 Å². The minimum Gasteiger partial charge on any atom is -0.497 e. The van der Waals surface area contributed by atoms with E-state index in [1.54, 1.807) is 37.4 Å². The number of imide groups is 1. The molecule has 0 aliphatic carbocycles. The Morgan fingerprint density at radius 3 is 2.00 bits per heavy atom. The highest BCUT2D eigenvalue weighted by molar-refractivity contribution is 6.46. The standard InChI is InChI=1S/C26H24N2O5/c1-16-9-11-17(12-10-16)23-24(27-21-7-5-6-8-22(21)33-4)26(30)28(25(23)29)18-13-19(31-2)15-20(14-18)32-3/h5-15,27H,1-4H3. The van der Waals surface area contributed by atoms with Crippen molar-refractivity contribution in [1.82, 2.24) is 0 Å². The fourth-order valence-corrected chi connectivity index (χ4v) is 3.67. The molecule has 1 aliphatic heterocycles. The number of rotatable bonds is 7. The van der Waals surface area contributed by atoms with Crippen molar-refractivity contribution in [2.45, 2.75) is 6.92 Å². The molecule has 7 nitrogen and oxygen atoms in total. The topological polar surface area (TPSA) is 77.1 Å².